The predicted octanol–water partition coefficient (Wildman–Crippen LogP) is 4.19. The lowest BCUT2D eigenvalue weighted by molar-refractivity contribution is -0.164. The van der Waals surface area contributed by atoms with Crippen LogP contribution in [0.5, 0.6) is 0 Å². The highest BCUT2D eigenvalue weighted by Crippen LogP contribution is 2.27. The van der Waals surface area contributed by atoms with Gasteiger partial charge >= 0.3 is 5.97 Å². The van der Waals surface area contributed by atoms with Crippen LogP contribution in [0.4, 0.5) is 0 Å². The second-order valence-electron chi connectivity index (χ2n) is 7.72. The highest BCUT2D eigenvalue weighted by atomic mass is 16.6. The van der Waals surface area contributed by atoms with Crippen LogP contribution in [0, 0.1) is 17.8 Å². The molecule has 1 aliphatic heterocycles. The Morgan fingerprint density at radius 1 is 1.07 bits per heavy atom. The van der Waals surface area contributed by atoms with Crippen molar-refractivity contribution in [1.29, 1.82) is 0 Å². The van der Waals surface area contributed by atoms with Crippen molar-refractivity contribution in [3.63, 3.8) is 0 Å². The summed E-state index contributed by atoms with van der Waals surface area (Å²) in [5.41, 5.74) is -0.938. The molecule has 0 aromatic heterocycles. The molecule has 7 heteroatoms. The number of aliphatic hydroxyl groups is 2. The van der Waals surface area contributed by atoms with E-state index in [1.165, 1.54) is 14.0 Å². The van der Waals surface area contributed by atoms with E-state index in [1.807, 2.05) is 41.5 Å². The van der Waals surface area contributed by atoms with E-state index in [1.54, 1.807) is 14.0 Å². The fourth-order valence-electron chi connectivity index (χ4n) is 3.49. The molecule has 0 aromatic carbocycles. The van der Waals surface area contributed by atoms with Crippen molar-refractivity contribution in [3.05, 3.63) is 0 Å². The first-order chi connectivity index (χ1) is 14.1. The summed E-state index contributed by atoms with van der Waals surface area (Å²) in [6.45, 7) is 14.8. The van der Waals surface area contributed by atoms with Gasteiger partial charge in [-0.3, -0.25) is 4.79 Å². The fraction of sp³-hybridized carbons (Fsp3) is 0.913. The van der Waals surface area contributed by atoms with Gasteiger partial charge in [-0.05, 0) is 26.2 Å². The van der Waals surface area contributed by atoms with E-state index in [-0.39, 0.29) is 30.5 Å². The molecule has 1 saturated heterocycles. The molecule has 0 bridgehead atoms. The zero-order valence-corrected chi connectivity index (χ0v) is 20.9. The van der Waals surface area contributed by atoms with Crippen LogP contribution in [-0.4, -0.2) is 60.5 Å². The molecule has 1 rings (SSSR count). The Balaban J connectivity index is 0. The van der Waals surface area contributed by atoms with Crippen molar-refractivity contribution in [1.82, 2.24) is 0 Å². The Morgan fingerprint density at radius 2 is 1.63 bits per heavy atom. The molecule has 0 saturated carbocycles. The van der Waals surface area contributed by atoms with Gasteiger partial charge in [0.25, 0.3) is 0 Å². The highest BCUT2D eigenvalue weighted by Gasteiger charge is 2.40. The van der Waals surface area contributed by atoms with Gasteiger partial charge in [-0.1, -0.05) is 60.0 Å². The quantitative estimate of drug-likeness (QED) is 0.500. The van der Waals surface area contributed by atoms with Gasteiger partial charge in [0.05, 0.1) is 23.8 Å². The molecule has 180 valence electrons. The number of carbonyl (C=O) groups is 1. The van der Waals surface area contributed by atoms with E-state index >= 15 is 0 Å². The third kappa shape index (κ3) is 10.2. The van der Waals surface area contributed by atoms with Crippen LogP contribution in [0.3, 0.4) is 0 Å². The molecular weight excluding hydrogens is 386 g/mol. The van der Waals surface area contributed by atoms with Crippen LogP contribution in [-0.2, 0) is 19.1 Å². The van der Waals surface area contributed by atoms with Crippen LogP contribution < -0.4 is 0 Å². The van der Waals surface area contributed by atoms with Gasteiger partial charge in [0.2, 0.25) is 0 Å². The van der Waals surface area contributed by atoms with E-state index in [9.17, 15) is 15.0 Å². The SMILES string of the molecule is CC.CC.CO/N=C1\C(C)C(O)[C@](C)(O)COC(=O)C(C)CCCC(OC)C[C@H]1C. The van der Waals surface area contributed by atoms with Crippen LogP contribution in [0.15, 0.2) is 5.16 Å². The molecular formula is C23H47NO6. The number of methoxy groups -OCH3 is 1. The Hall–Kier alpha value is -1.18. The Morgan fingerprint density at radius 3 is 2.13 bits per heavy atom. The minimum Gasteiger partial charge on any atom is -0.462 e. The summed E-state index contributed by atoms with van der Waals surface area (Å²) in [5.74, 6) is -1.10. The molecule has 0 spiro atoms. The van der Waals surface area contributed by atoms with Crippen molar-refractivity contribution in [2.45, 2.75) is 98.9 Å². The van der Waals surface area contributed by atoms with Crippen LogP contribution >= 0.6 is 0 Å². The van der Waals surface area contributed by atoms with Gasteiger partial charge in [0, 0.05) is 18.9 Å². The zero-order valence-electron chi connectivity index (χ0n) is 20.9. The fourth-order valence-corrected chi connectivity index (χ4v) is 3.49. The number of aliphatic hydroxyl groups excluding tert-OH is 1. The molecule has 1 heterocycles. The topological polar surface area (TPSA) is 97.6 Å². The third-order valence-electron chi connectivity index (χ3n) is 5.30. The molecule has 0 aliphatic carbocycles. The minimum atomic E-state index is -1.59. The summed E-state index contributed by atoms with van der Waals surface area (Å²) in [6, 6.07) is 0. The number of rotatable bonds is 2. The van der Waals surface area contributed by atoms with E-state index in [0.29, 0.717) is 12.1 Å². The number of esters is 1. The van der Waals surface area contributed by atoms with E-state index < -0.39 is 17.6 Å². The Bertz CT molecular complexity index is 480. The molecule has 0 aromatic rings. The van der Waals surface area contributed by atoms with E-state index in [0.717, 1.165) is 19.3 Å². The summed E-state index contributed by atoms with van der Waals surface area (Å²) in [6.07, 6.45) is 1.93. The van der Waals surface area contributed by atoms with E-state index in [4.69, 9.17) is 14.3 Å². The van der Waals surface area contributed by atoms with E-state index in [2.05, 4.69) is 5.16 Å². The smallest absolute Gasteiger partial charge is 0.308 e. The number of ether oxygens (including phenoxy) is 2. The first-order valence-corrected chi connectivity index (χ1v) is 11.3. The monoisotopic (exact) mass is 433 g/mol. The second-order valence-corrected chi connectivity index (χ2v) is 7.72. The van der Waals surface area contributed by atoms with Gasteiger partial charge < -0.3 is 24.5 Å². The maximum absolute atomic E-state index is 12.1. The molecule has 7 nitrogen and oxygen atoms in total. The molecule has 0 radical (unpaired) electrons. The number of nitrogens with zero attached hydrogens (tertiary/aromatic N) is 1. The lowest BCUT2D eigenvalue weighted by atomic mass is 9.81. The predicted molar refractivity (Wildman–Crippen MR) is 121 cm³/mol. The van der Waals surface area contributed by atoms with Gasteiger partial charge in [0.1, 0.15) is 19.3 Å². The third-order valence-corrected chi connectivity index (χ3v) is 5.30. The van der Waals surface area contributed by atoms with Crippen molar-refractivity contribution in [2.24, 2.45) is 22.9 Å². The second kappa shape index (κ2) is 16.5. The molecule has 2 N–H and O–H groups in total. The van der Waals surface area contributed by atoms with Crippen LogP contribution in [0.2, 0.25) is 0 Å². The summed E-state index contributed by atoms with van der Waals surface area (Å²) in [4.78, 5) is 17.1. The summed E-state index contributed by atoms with van der Waals surface area (Å²) >= 11 is 0. The standard InChI is InChI=1S/C19H35NO6.2C2H6/c1-12-8-7-9-15(24-5)10-13(2)16(20-25-6)14(3)17(21)19(4,23)11-26-18(12)22;2*1-2/h12-15,17,21,23H,7-11H2,1-6H3;2*1-2H3/b20-16-;;/t12?,13-,14?,15?,17?,19-;;/m1../s1. The maximum atomic E-state index is 12.1. The molecule has 1 aliphatic rings. The lowest BCUT2D eigenvalue weighted by Gasteiger charge is -2.35. The summed E-state index contributed by atoms with van der Waals surface area (Å²) in [5, 5.41) is 25.5. The minimum absolute atomic E-state index is 0.00302. The molecule has 6 atom stereocenters. The van der Waals surface area contributed by atoms with Crippen molar-refractivity contribution in [2.75, 3.05) is 20.8 Å². The Kier molecular flexibility index (Phi) is 17.1. The van der Waals surface area contributed by atoms with Crippen molar-refractivity contribution < 1.29 is 29.3 Å². The van der Waals surface area contributed by atoms with Gasteiger partial charge in [-0.25, -0.2) is 0 Å². The van der Waals surface area contributed by atoms with Gasteiger partial charge in [-0.15, -0.1) is 0 Å². The Labute approximate surface area is 184 Å². The van der Waals surface area contributed by atoms with Gasteiger partial charge in [0.15, 0.2) is 0 Å². The van der Waals surface area contributed by atoms with Crippen molar-refractivity contribution in [3.8, 4) is 0 Å². The molecule has 0 amide bonds. The number of oxime groups is 1. The van der Waals surface area contributed by atoms with Crippen LogP contribution in [0.25, 0.3) is 0 Å². The average Bonchev–Trinajstić information content (AvgIpc) is 2.75. The normalized spacial score (nSPS) is 35.0. The average molecular weight is 434 g/mol. The molecule has 4 unspecified atom stereocenters. The molecule has 1 fully saturated rings. The highest BCUT2D eigenvalue weighted by molar-refractivity contribution is 5.88. The number of hydrogen-bond acceptors (Lipinski definition) is 7. The number of hydrogen-bond donors (Lipinski definition) is 2. The lowest BCUT2D eigenvalue weighted by Crippen LogP contribution is -2.50. The first kappa shape index (κ1) is 31.0. The largest absolute Gasteiger partial charge is 0.462 e. The van der Waals surface area contributed by atoms with Crippen LogP contribution in [0.1, 0.15) is 81.1 Å². The first-order valence-electron chi connectivity index (χ1n) is 11.3. The summed E-state index contributed by atoms with van der Waals surface area (Å²) in [7, 11) is 3.13. The maximum Gasteiger partial charge on any atom is 0.308 e. The summed E-state index contributed by atoms with van der Waals surface area (Å²) < 4.78 is 10.8. The zero-order chi connectivity index (χ0) is 23.9. The van der Waals surface area contributed by atoms with Crippen molar-refractivity contribution >= 4 is 11.7 Å². The molecule has 30 heavy (non-hydrogen) atoms. The number of carbonyl (C=O) groups excluding carboxylic acids is 1. The van der Waals surface area contributed by atoms with Gasteiger partial charge in [-0.2, -0.15) is 0 Å². The number of cyclic esters (lactones) is 1.